The summed E-state index contributed by atoms with van der Waals surface area (Å²) in [4.78, 5) is 10.8. The van der Waals surface area contributed by atoms with Gasteiger partial charge in [-0.1, -0.05) is 19.1 Å². The Kier molecular flexibility index (Phi) is 6.86. The van der Waals surface area contributed by atoms with Gasteiger partial charge < -0.3 is 14.6 Å². The highest BCUT2D eigenvalue weighted by molar-refractivity contribution is 5.80. The van der Waals surface area contributed by atoms with E-state index in [2.05, 4.69) is 6.92 Å². The van der Waals surface area contributed by atoms with Crippen molar-refractivity contribution in [3.05, 3.63) is 12.2 Å². The maximum Gasteiger partial charge on any atom is 0.163 e. The van der Waals surface area contributed by atoms with Crippen LogP contribution in [0.1, 0.15) is 53.4 Å². The molecule has 0 aromatic rings. The second-order valence-corrected chi connectivity index (χ2v) is 6.11. The summed E-state index contributed by atoms with van der Waals surface area (Å²) in [5.41, 5.74) is 0. The predicted octanol–water partition coefficient (Wildman–Crippen LogP) is 2.84. The molecule has 0 aromatic heterocycles. The molecule has 0 spiro atoms. The minimum atomic E-state index is -0.851. The summed E-state index contributed by atoms with van der Waals surface area (Å²) in [6.07, 6.45) is 6.80. The van der Waals surface area contributed by atoms with Crippen molar-refractivity contribution in [3.63, 3.8) is 0 Å². The molecule has 0 bridgehead atoms. The number of aliphatic hydroxyl groups excluding tert-OH is 1. The van der Waals surface area contributed by atoms with Crippen molar-refractivity contribution < 1.29 is 19.4 Å². The van der Waals surface area contributed by atoms with Gasteiger partial charge in [0, 0.05) is 0 Å². The van der Waals surface area contributed by atoms with Crippen LogP contribution in [0, 0.1) is 5.92 Å². The number of Topliss-reactive ketones (excluding diaryl/α,β-unsaturated/α-hetero) is 1. The van der Waals surface area contributed by atoms with Crippen LogP contribution in [0.4, 0.5) is 0 Å². The Hall–Kier alpha value is -0.710. The molecule has 4 nitrogen and oxygen atoms in total. The number of aliphatic hydroxyl groups is 1. The Balaban J connectivity index is 2.12. The number of ketones is 1. The van der Waals surface area contributed by atoms with Crippen molar-refractivity contribution in [3.8, 4) is 0 Å². The molecule has 3 atom stereocenters. The van der Waals surface area contributed by atoms with Gasteiger partial charge in [0.2, 0.25) is 0 Å². The molecule has 116 valence electrons. The topological polar surface area (TPSA) is 55.8 Å². The van der Waals surface area contributed by atoms with Gasteiger partial charge in [0.15, 0.2) is 11.6 Å². The van der Waals surface area contributed by atoms with Crippen molar-refractivity contribution in [2.24, 2.45) is 5.92 Å². The van der Waals surface area contributed by atoms with Crippen molar-refractivity contribution in [2.75, 3.05) is 6.61 Å². The molecule has 1 heterocycles. The van der Waals surface area contributed by atoms with Gasteiger partial charge in [0.05, 0.1) is 12.7 Å². The third kappa shape index (κ3) is 6.16. The van der Waals surface area contributed by atoms with Crippen LogP contribution in [0.2, 0.25) is 0 Å². The molecule has 20 heavy (non-hydrogen) atoms. The van der Waals surface area contributed by atoms with Gasteiger partial charge in [-0.15, -0.1) is 0 Å². The Morgan fingerprint density at radius 2 is 2.15 bits per heavy atom. The molecular weight excluding hydrogens is 256 g/mol. The van der Waals surface area contributed by atoms with E-state index < -0.39 is 11.9 Å². The molecule has 1 fully saturated rings. The lowest BCUT2D eigenvalue weighted by molar-refractivity contribution is -0.144. The first-order valence-electron chi connectivity index (χ1n) is 7.47. The molecule has 1 saturated heterocycles. The fraction of sp³-hybridized carbons (Fsp3) is 0.812. The van der Waals surface area contributed by atoms with Gasteiger partial charge in [-0.25, -0.2) is 0 Å². The minimum absolute atomic E-state index is 0.177. The number of carbonyl (C=O) groups excluding carboxylic acids is 1. The molecule has 1 aliphatic rings. The molecule has 0 aliphatic carbocycles. The van der Waals surface area contributed by atoms with Crippen LogP contribution in [0.25, 0.3) is 0 Å². The largest absolute Gasteiger partial charge is 0.385 e. The first-order chi connectivity index (χ1) is 9.32. The second kappa shape index (κ2) is 7.91. The average molecular weight is 284 g/mol. The van der Waals surface area contributed by atoms with Crippen molar-refractivity contribution in [2.45, 2.75) is 71.4 Å². The molecule has 0 unspecified atom stereocenters. The molecule has 0 aromatic carbocycles. The summed E-state index contributed by atoms with van der Waals surface area (Å²) < 4.78 is 11.4. The standard InChI is InChI=1S/C16H28O4/c1-12(15-11-19-16(3,4)20-15)9-7-5-6-8-10-14(18)13(2)17/h6,8,12,14-15,18H,5,7,9-11H2,1-4H3/b8-6+/t12-,14-,15-/m0/s1. The molecule has 0 radical (unpaired) electrons. The zero-order valence-corrected chi connectivity index (χ0v) is 13.1. The summed E-state index contributed by atoms with van der Waals surface area (Å²) in [6.45, 7) is 8.17. The van der Waals surface area contributed by atoms with Crippen LogP contribution in [-0.4, -0.2) is 35.5 Å². The smallest absolute Gasteiger partial charge is 0.163 e. The van der Waals surface area contributed by atoms with Crippen LogP contribution < -0.4 is 0 Å². The van der Waals surface area contributed by atoms with Gasteiger partial charge in [-0.05, 0) is 52.4 Å². The third-order valence-corrected chi connectivity index (χ3v) is 3.69. The number of unbranched alkanes of at least 4 members (excludes halogenated alkanes) is 1. The van der Waals surface area contributed by atoms with Crippen molar-refractivity contribution >= 4 is 5.78 Å². The lowest BCUT2D eigenvalue weighted by atomic mass is 9.98. The first kappa shape index (κ1) is 17.3. The van der Waals surface area contributed by atoms with E-state index in [0.717, 1.165) is 19.3 Å². The Morgan fingerprint density at radius 1 is 1.45 bits per heavy atom. The molecular formula is C16H28O4. The number of ether oxygens (including phenoxy) is 2. The highest BCUT2D eigenvalue weighted by Gasteiger charge is 2.35. The van der Waals surface area contributed by atoms with Crippen LogP contribution >= 0.6 is 0 Å². The Morgan fingerprint density at radius 3 is 2.70 bits per heavy atom. The Labute approximate surface area is 122 Å². The summed E-state index contributed by atoms with van der Waals surface area (Å²) in [7, 11) is 0. The number of allylic oxidation sites excluding steroid dienone is 1. The average Bonchev–Trinajstić information content (AvgIpc) is 2.73. The summed E-state index contributed by atoms with van der Waals surface area (Å²) in [6, 6.07) is 0. The van der Waals surface area contributed by atoms with E-state index in [0.29, 0.717) is 18.9 Å². The summed E-state index contributed by atoms with van der Waals surface area (Å²) >= 11 is 0. The molecule has 1 rings (SSSR count). The molecule has 1 aliphatic heterocycles. The molecule has 1 N–H and O–H groups in total. The van der Waals surface area contributed by atoms with E-state index in [4.69, 9.17) is 9.47 Å². The zero-order chi connectivity index (χ0) is 15.2. The number of hydrogen-bond acceptors (Lipinski definition) is 4. The fourth-order valence-corrected chi connectivity index (χ4v) is 2.25. The predicted molar refractivity (Wildman–Crippen MR) is 78.4 cm³/mol. The lowest BCUT2D eigenvalue weighted by Gasteiger charge is -2.21. The van der Waals surface area contributed by atoms with Gasteiger partial charge in [0.25, 0.3) is 0 Å². The maximum absolute atomic E-state index is 10.8. The highest BCUT2D eigenvalue weighted by atomic mass is 16.7. The van der Waals surface area contributed by atoms with E-state index >= 15 is 0 Å². The quantitative estimate of drug-likeness (QED) is 0.550. The van der Waals surface area contributed by atoms with E-state index in [1.807, 2.05) is 26.0 Å². The minimum Gasteiger partial charge on any atom is -0.385 e. The van der Waals surface area contributed by atoms with E-state index in [-0.39, 0.29) is 11.9 Å². The van der Waals surface area contributed by atoms with Crippen LogP contribution in [0.5, 0.6) is 0 Å². The van der Waals surface area contributed by atoms with Crippen molar-refractivity contribution in [1.29, 1.82) is 0 Å². The van der Waals surface area contributed by atoms with Crippen LogP contribution in [-0.2, 0) is 14.3 Å². The SMILES string of the molecule is CC(=O)[C@@H](O)C/C=C/CCC[C@H](C)[C@@H]1COC(C)(C)O1. The first-order valence-corrected chi connectivity index (χ1v) is 7.47. The molecule has 4 heteroatoms. The number of carbonyl (C=O) groups is 1. The maximum atomic E-state index is 10.8. The highest BCUT2D eigenvalue weighted by Crippen LogP contribution is 2.28. The zero-order valence-electron chi connectivity index (χ0n) is 13.1. The monoisotopic (exact) mass is 284 g/mol. The Bertz CT molecular complexity index is 335. The molecule has 0 saturated carbocycles. The van der Waals surface area contributed by atoms with E-state index in [9.17, 15) is 9.90 Å². The normalized spacial score (nSPS) is 24.9. The van der Waals surface area contributed by atoms with Gasteiger partial charge in [-0.2, -0.15) is 0 Å². The third-order valence-electron chi connectivity index (χ3n) is 3.69. The summed E-state index contributed by atoms with van der Waals surface area (Å²) in [5.74, 6) is -0.140. The van der Waals surface area contributed by atoms with Gasteiger partial charge in [-0.3, -0.25) is 4.79 Å². The van der Waals surface area contributed by atoms with Crippen LogP contribution in [0.3, 0.4) is 0 Å². The number of rotatable bonds is 8. The number of hydrogen-bond donors (Lipinski definition) is 1. The fourth-order valence-electron chi connectivity index (χ4n) is 2.25. The van der Waals surface area contributed by atoms with Gasteiger partial charge >= 0.3 is 0 Å². The second-order valence-electron chi connectivity index (χ2n) is 6.11. The van der Waals surface area contributed by atoms with E-state index in [1.54, 1.807) is 0 Å². The lowest BCUT2D eigenvalue weighted by Crippen LogP contribution is -2.25. The summed E-state index contributed by atoms with van der Waals surface area (Å²) in [5, 5.41) is 9.33. The van der Waals surface area contributed by atoms with E-state index in [1.165, 1.54) is 6.92 Å². The van der Waals surface area contributed by atoms with Crippen molar-refractivity contribution in [1.82, 2.24) is 0 Å². The molecule has 0 amide bonds. The van der Waals surface area contributed by atoms with Gasteiger partial charge in [0.1, 0.15) is 6.10 Å². The van der Waals surface area contributed by atoms with Crippen LogP contribution in [0.15, 0.2) is 12.2 Å².